The van der Waals surface area contributed by atoms with E-state index in [1.165, 1.54) is 55.6 Å². The summed E-state index contributed by atoms with van der Waals surface area (Å²) >= 11 is 0. The average molecular weight is 909 g/mol. The van der Waals surface area contributed by atoms with Gasteiger partial charge < -0.3 is 29.6 Å². The average Bonchev–Trinajstić information content (AvgIpc) is 3.32. The molecule has 15 nitrogen and oxygen atoms in total. The van der Waals surface area contributed by atoms with Crippen LogP contribution in [-0.4, -0.2) is 85.5 Å². The number of carbonyl (C=O) groups is 9. The third-order valence-corrected chi connectivity index (χ3v) is 12.5. The first-order chi connectivity index (χ1) is 32.0. The molecule has 67 heavy (non-hydrogen) atoms. The summed E-state index contributed by atoms with van der Waals surface area (Å²) in [6, 6.07) is 20.3. The molecular weight excluding hydrogens is 861 g/mol. The maximum atomic E-state index is 14.0. The fourth-order valence-corrected chi connectivity index (χ4v) is 9.74. The summed E-state index contributed by atoms with van der Waals surface area (Å²) in [5, 5.41) is 5.07. The van der Waals surface area contributed by atoms with Crippen LogP contribution in [0.2, 0.25) is 0 Å². The summed E-state index contributed by atoms with van der Waals surface area (Å²) in [6.07, 6.45) is 6.79. The van der Waals surface area contributed by atoms with E-state index in [2.05, 4.69) is 23.8 Å². The molecule has 2 N–H and O–H groups in total. The third kappa shape index (κ3) is 10.7. The molecule has 4 bridgehead atoms. The lowest BCUT2D eigenvalue weighted by atomic mass is 9.48. The lowest BCUT2D eigenvalue weighted by Crippen LogP contribution is -2.58. The van der Waals surface area contributed by atoms with Gasteiger partial charge in [-0.25, -0.2) is 19.2 Å². The van der Waals surface area contributed by atoms with Gasteiger partial charge >= 0.3 is 23.9 Å². The van der Waals surface area contributed by atoms with Crippen molar-refractivity contribution >= 4 is 58.7 Å². The Morgan fingerprint density at radius 2 is 1.09 bits per heavy atom. The Labute approximate surface area is 385 Å². The first-order valence-corrected chi connectivity index (χ1v) is 21.6. The molecule has 4 aliphatic carbocycles. The Kier molecular flexibility index (Phi) is 13.9. The molecule has 344 valence electrons. The molecule has 2 atom stereocenters. The number of nitrogens with one attached hydrogen (secondary N) is 2. The minimum atomic E-state index is -1.05. The molecule has 15 heteroatoms. The number of anilines is 1. The zero-order chi connectivity index (χ0) is 48.0. The van der Waals surface area contributed by atoms with Crippen LogP contribution < -0.4 is 10.6 Å². The van der Waals surface area contributed by atoms with E-state index in [1.807, 2.05) is 19.1 Å². The van der Waals surface area contributed by atoms with Gasteiger partial charge in [0.15, 0.2) is 30.6 Å². The first kappa shape index (κ1) is 47.2. The lowest BCUT2D eigenvalue weighted by Gasteiger charge is -2.60. The van der Waals surface area contributed by atoms with Crippen molar-refractivity contribution in [2.75, 3.05) is 32.2 Å². The fourth-order valence-electron chi connectivity index (χ4n) is 9.74. The maximum Gasteiger partial charge on any atom is 0.339 e. The predicted molar refractivity (Wildman–Crippen MR) is 242 cm³/mol. The Hall–Kier alpha value is -7.81. The van der Waals surface area contributed by atoms with Gasteiger partial charge in [-0.1, -0.05) is 43.0 Å². The van der Waals surface area contributed by atoms with E-state index in [4.69, 9.17) is 18.9 Å². The number of rotatable bonds is 18. The van der Waals surface area contributed by atoms with Crippen LogP contribution in [-0.2, 0) is 28.5 Å². The third-order valence-electron chi connectivity index (χ3n) is 12.5. The molecule has 4 aromatic carbocycles. The molecule has 0 radical (unpaired) electrons. The van der Waals surface area contributed by atoms with Crippen LogP contribution in [0, 0.1) is 24.2 Å². The van der Waals surface area contributed by atoms with Gasteiger partial charge in [-0.05, 0) is 130 Å². The molecule has 4 aliphatic rings. The summed E-state index contributed by atoms with van der Waals surface area (Å²) in [5.41, 5.74) is -0.278. The fraction of sp³-hybridized carbons (Fsp3) is 0.288. The van der Waals surface area contributed by atoms with Crippen LogP contribution in [0.3, 0.4) is 0 Å². The smallest absolute Gasteiger partial charge is 0.339 e. The lowest BCUT2D eigenvalue weighted by molar-refractivity contribution is -0.177. The molecule has 0 aromatic heterocycles. The Balaban J connectivity index is 1.07. The Morgan fingerprint density at radius 3 is 1.61 bits per heavy atom. The van der Waals surface area contributed by atoms with Crippen LogP contribution in [0.4, 0.5) is 5.69 Å². The van der Waals surface area contributed by atoms with Crippen LogP contribution in [0.25, 0.3) is 0 Å². The summed E-state index contributed by atoms with van der Waals surface area (Å²) in [5.74, 6) is -5.77. The van der Waals surface area contributed by atoms with Crippen molar-refractivity contribution in [2.24, 2.45) is 17.3 Å². The van der Waals surface area contributed by atoms with Gasteiger partial charge in [0.1, 0.15) is 5.60 Å². The van der Waals surface area contributed by atoms with E-state index in [1.54, 1.807) is 12.1 Å². The van der Waals surface area contributed by atoms with Gasteiger partial charge in [0, 0.05) is 29.3 Å². The van der Waals surface area contributed by atoms with E-state index >= 15 is 0 Å². The van der Waals surface area contributed by atoms with E-state index < -0.39 is 65.9 Å². The van der Waals surface area contributed by atoms with Gasteiger partial charge in [-0.15, -0.1) is 0 Å². The van der Waals surface area contributed by atoms with E-state index in [-0.39, 0.29) is 62.6 Å². The molecular formula is C52H48N2O13. The molecule has 2 unspecified atom stereocenters. The minimum absolute atomic E-state index is 0.0803. The van der Waals surface area contributed by atoms with Crippen LogP contribution in [0.1, 0.15) is 122 Å². The molecule has 8 rings (SSSR count). The van der Waals surface area contributed by atoms with Crippen molar-refractivity contribution in [1.82, 2.24) is 5.32 Å². The monoisotopic (exact) mass is 908 g/mol. The highest BCUT2D eigenvalue weighted by Crippen LogP contribution is 2.63. The highest BCUT2D eigenvalue weighted by Gasteiger charge is 2.60. The van der Waals surface area contributed by atoms with Crippen LogP contribution in [0.15, 0.2) is 110 Å². The molecule has 4 aromatic rings. The van der Waals surface area contributed by atoms with Gasteiger partial charge in [-0.2, -0.15) is 0 Å². The number of esters is 4. The first-order valence-electron chi connectivity index (χ1n) is 21.6. The second kappa shape index (κ2) is 19.7. The summed E-state index contributed by atoms with van der Waals surface area (Å²) < 4.78 is 22.3. The summed E-state index contributed by atoms with van der Waals surface area (Å²) in [6.45, 7) is 7.59. The zero-order valence-corrected chi connectivity index (χ0v) is 37.0. The topological polar surface area (TPSA) is 215 Å². The molecule has 0 heterocycles. The van der Waals surface area contributed by atoms with Crippen molar-refractivity contribution in [3.63, 3.8) is 0 Å². The van der Waals surface area contributed by atoms with E-state index in [0.29, 0.717) is 23.8 Å². The molecule has 4 saturated carbocycles. The van der Waals surface area contributed by atoms with Gasteiger partial charge in [0.2, 0.25) is 0 Å². The Morgan fingerprint density at radius 1 is 0.597 bits per heavy atom. The van der Waals surface area contributed by atoms with Crippen molar-refractivity contribution in [3.8, 4) is 0 Å². The number of benzene rings is 4. The highest BCUT2D eigenvalue weighted by atomic mass is 16.6. The number of amides is 2. The van der Waals surface area contributed by atoms with Gasteiger partial charge in [0.25, 0.3) is 11.8 Å². The zero-order valence-electron chi connectivity index (χ0n) is 37.0. The van der Waals surface area contributed by atoms with Crippen molar-refractivity contribution < 1.29 is 62.1 Å². The molecule has 0 saturated heterocycles. The van der Waals surface area contributed by atoms with E-state index in [9.17, 15) is 43.2 Å². The molecule has 0 spiro atoms. The SMILES string of the molecule is C=CC(=O)COC(=O)c1ccc(C(=O)c2ccc(C(=O)OCC(=O)C=C)c(C(=O)Nc3ccc(C(=O)OC45CC6CC(CC(COC(=O)c7ccc(C)cc7)(C6)C4)C5)cc3)c2)cc1C(=O)NC. The second-order valence-electron chi connectivity index (χ2n) is 17.4. The summed E-state index contributed by atoms with van der Waals surface area (Å²) in [4.78, 5) is 117. The Bertz CT molecular complexity index is 2700. The number of aryl methyl sites for hydroxylation is 1. The van der Waals surface area contributed by atoms with Crippen molar-refractivity contribution in [3.05, 3.63) is 160 Å². The van der Waals surface area contributed by atoms with E-state index in [0.717, 1.165) is 62.0 Å². The van der Waals surface area contributed by atoms with Crippen LogP contribution in [0.5, 0.6) is 0 Å². The molecule has 2 amide bonds. The number of hydrogen-bond donors (Lipinski definition) is 2. The van der Waals surface area contributed by atoms with Gasteiger partial charge in [-0.3, -0.25) is 24.0 Å². The van der Waals surface area contributed by atoms with Crippen LogP contribution >= 0.6 is 0 Å². The summed E-state index contributed by atoms with van der Waals surface area (Å²) in [7, 11) is 1.31. The maximum absolute atomic E-state index is 14.0. The number of carbonyl (C=O) groups excluding carboxylic acids is 9. The predicted octanol–water partition coefficient (Wildman–Crippen LogP) is 7.01. The normalized spacial score (nSPS) is 19.8. The van der Waals surface area contributed by atoms with Crippen molar-refractivity contribution in [1.29, 1.82) is 0 Å². The second-order valence-corrected chi connectivity index (χ2v) is 17.4. The standard InChI is InChI=1S/C52H48N2O13/c1-5-38(55)26-64-49(62)40-17-13-35(20-42(40)45(58)53-4)44(57)36-14-18-41(50(63)65-27-39(56)6-2)43(21-36)46(59)54-37-15-11-34(12-16-37)48(61)67-52-24-31-19-32(25-52)23-51(22-31,28-52)29-66-47(60)33-9-7-30(3)8-10-33/h5-18,20-21,31-32H,1-2,19,22-29H2,3-4H3,(H,53,58)(H,54,59). The molecule has 0 aliphatic heterocycles. The quantitative estimate of drug-likeness (QED) is 0.0445. The number of ketones is 3. The largest absolute Gasteiger partial charge is 0.462 e. The van der Waals surface area contributed by atoms with Gasteiger partial charge in [0.05, 0.1) is 40.0 Å². The highest BCUT2D eigenvalue weighted by molar-refractivity contribution is 6.16. The minimum Gasteiger partial charge on any atom is -0.462 e. The number of ether oxygens (including phenoxy) is 4. The molecule has 4 fully saturated rings. The van der Waals surface area contributed by atoms with Crippen molar-refractivity contribution in [2.45, 2.75) is 51.0 Å². The number of hydrogen-bond acceptors (Lipinski definition) is 13.